The summed E-state index contributed by atoms with van der Waals surface area (Å²) in [7, 11) is -3.73. The summed E-state index contributed by atoms with van der Waals surface area (Å²) in [4.78, 5) is 0.137. The van der Waals surface area contributed by atoms with E-state index in [1.165, 1.54) is 6.07 Å². The van der Waals surface area contributed by atoms with Crippen LogP contribution in [0.25, 0.3) is 0 Å². The lowest BCUT2D eigenvalue weighted by molar-refractivity contribution is 0.601. The molecule has 4 nitrogen and oxygen atoms in total. The number of aryl methyl sites for hydroxylation is 1. The summed E-state index contributed by atoms with van der Waals surface area (Å²) < 4.78 is 27.6. The van der Waals surface area contributed by atoms with Gasteiger partial charge < -0.3 is 5.73 Å². The van der Waals surface area contributed by atoms with Crippen LogP contribution >= 0.6 is 12.2 Å². The van der Waals surface area contributed by atoms with Crippen molar-refractivity contribution in [1.29, 1.82) is 0 Å². The van der Waals surface area contributed by atoms with Gasteiger partial charge in [-0.05, 0) is 30.2 Å². The van der Waals surface area contributed by atoms with E-state index in [2.05, 4.69) is 4.72 Å². The molecular weight excluding hydrogens is 304 g/mol. The van der Waals surface area contributed by atoms with Crippen LogP contribution in [0.2, 0.25) is 0 Å². The first-order chi connectivity index (χ1) is 9.94. The summed E-state index contributed by atoms with van der Waals surface area (Å²) in [5, 5.41) is 0. The molecular formula is C15H16N2O2S2. The third kappa shape index (κ3) is 3.59. The van der Waals surface area contributed by atoms with E-state index < -0.39 is 10.0 Å². The van der Waals surface area contributed by atoms with Crippen molar-refractivity contribution in [2.45, 2.75) is 18.2 Å². The first-order valence-corrected chi connectivity index (χ1v) is 8.34. The zero-order valence-corrected chi connectivity index (χ0v) is 13.2. The van der Waals surface area contributed by atoms with Crippen molar-refractivity contribution < 1.29 is 8.42 Å². The lowest BCUT2D eigenvalue weighted by Gasteiger charge is -2.12. The number of hydrogen-bond donors (Lipinski definition) is 2. The van der Waals surface area contributed by atoms with Crippen molar-refractivity contribution in [2.24, 2.45) is 5.73 Å². The van der Waals surface area contributed by atoms with E-state index >= 15 is 0 Å². The first-order valence-electron chi connectivity index (χ1n) is 6.44. The van der Waals surface area contributed by atoms with Crippen LogP contribution in [0, 0.1) is 0 Å². The molecule has 0 aliphatic rings. The molecule has 0 amide bonds. The minimum atomic E-state index is -3.73. The number of anilines is 1. The van der Waals surface area contributed by atoms with Gasteiger partial charge in [-0.3, -0.25) is 4.72 Å². The molecule has 0 aliphatic heterocycles. The normalized spacial score (nSPS) is 11.1. The minimum Gasteiger partial charge on any atom is -0.389 e. The van der Waals surface area contributed by atoms with Crippen molar-refractivity contribution in [3.63, 3.8) is 0 Å². The van der Waals surface area contributed by atoms with Gasteiger partial charge in [-0.1, -0.05) is 49.5 Å². The molecule has 110 valence electrons. The third-order valence-electron chi connectivity index (χ3n) is 3.03. The second-order valence-corrected chi connectivity index (χ2v) is 6.61. The van der Waals surface area contributed by atoms with E-state index in [1.807, 2.05) is 19.1 Å². The molecule has 0 bridgehead atoms. The zero-order valence-electron chi connectivity index (χ0n) is 11.5. The standard InChI is InChI=1S/C15H16N2O2S2/c1-2-11-6-5-7-12(10-11)17-21(18,19)14-9-4-3-8-13(14)15(16)20/h3-10,17H,2H2,1H3,(H2,16,20). The Morgan fingerprint density at radius 3 is 2.57 bits per heavy atom. The number of sulfonamides is 1. The fourth-order valence-electron chi connectivity index (χ4n) is 1.97. The number of benzene rings is 2. The zero-order chi connectivity index (χ0) is 15.5. The number of hydrogen-bond acceptors (Lipinski definition) is 3. The van der Waals surface area contributed by atoms with Gasteiger partial charge in [0.2, 0.25) is 0 Å². The molecule has 2 aromatic rings. The van der Waals surface area contributed by atoms with Crippen LogP contribution in [-0.4, -0.2) is 13.4 Å². The summed E-state index contributed by atoms with van der Waals surface area (Å²) in [6.07, 6.45) is 0.832. The summed E-state index contributed by atoms with van der Waals surface area (Å²) in [6.45, 7) is 2.01. The Morgan fingerprint density at radius 2 is 1.90 bits per heavy atom. The van der Waals surface area contributed by atoms with Gasteiger partial charge in [0.25, 0.3) is 10.0 Å². The molecule has 0 atom stereocenters. The highest BCUT2D eigenvalue weighted by Gasteiger charge is 2.19. The van der Waals surface area contributed by atoms with Gasteiger partial charge >= 0.3 is 0 Å². The molecule has 0 aromatic heterocycles. The molecule has 2 aromatic carbocycles. The minimum absolute atomic E-state index is 0.0540. The molecule has 0 saturated heterocycles. The van der Waals surface area contributed by atoms with Crippen LogP contribution in [0.4, 0.5) is 5.69 Å². The van der Waals surface area contributed by atoms with Gasteiger partial charge in [-0.15, -0.1) is 0 Å². The maximum Gasteiger partial charge on any atom is 0.262 e. The molecule has 0 fully saturated rings. The molecule has 0 unspecified atom stereocenters. The molecule has 21 heavy (non-hydrogen) atoms. The topological polar surface area (TPSA) is 72.2 Å². The van der Waals surface area contributed by atoms with Gasteiger partial charge in [0, 0.05) is 11.3 Å². The van der Waals surface area contributed by atoms with Crippen molar-refractivity contribution >= 4 is 32.9 Å². The fourth-order valence-corrected chi connectivity index (χ4v) is 3.48. The number of thiocarbonyl (C=S) groups is 1. The Morgan fingerprint density at radius 1 is 1.19 bits per heavy atom. The van der Waals surface area contributed by atoms with E-state index in [0.29, 0.717) is 11.3 Å². The highest BCUT2D eigenvalue weighted by Crippen LogP contribution is 2.20. The lowest BCUT2D eigenvalue weighted by Crippen LogP contribution is -2.19. The van der Waals surface area contributed by atoms with E-state index in [4.69, 9.17) is 18.0 Å². The second-order valence-electron chi connectivity index (χ2n) is 4.52. The van der Waals surface area contributed by atoms with Crippen LogP contribution in [0.1, 0.15) is 18.1 Å². The Hall–Kier alpha value is -1.92. The monoisotopic (exact) mass is 320 g/mol. The maximum absolute atomic E-state index is 12.5. The number of nitrogens with two attached hydrogens (primary N) is 1. The summed E-state index contributed by atoms with van der Waals surface area (Å²) in [6, 6.07) is 13.7. The Labute approximate surface area is 130 Å². The van der Waals surface area contributed by atoms with Crippen molar-refractivity contribution in [3.05, 3.63) is 59.7 Å². The SMILES string of the molecule is CCc1cccc(NS(=O)(=O)c2ccccc2C(N)=S)c1. The molecule has 0 radical (unpaired) electrons. The Bertz CT molecular complexity index is 771. The molecule has 0 spiro atoms. The molecule has 0 saturated carbocycles. The van der Waals surface area contributed by atoms with E-state index in [9.17, 15) is 8.42 Å². The average Bonchev–Trinajstić information content (AvgIpc) is 2.47. The first kappa shape index (κ1) is 15.5. The van der Waals surface area contributed by atoms with Gasteiger partial charge in [0.1, 0.15) is 4.99 Å². The van der Waals surface area contributed by atoms with Gasteiger partial charge in [-0.2, -0.15) is 0 Å². The van der Waals surface area contributed by atoms with Crippen LogP contribution < -0.4 is 10.5 Å². The van der Waals surface area contributed by atoms with Crippen molar-refractivity contribution in [1.82, 2.24) is 0 Å². The third-order valence-corrected chi connectivity index (χ3v) is 4.69. The van der Waals surface area contributed by atoms with Crippen molar-refractivity contribution in [3.8, 4) is 0 Å². The molecule has 0 aliphatic carbocycles. The van der Waals surface area contributed by atoms with Crippen molar-refractivity contribution in [2.75, 3.05) is 4.72 Å². The summed E-state index contributed by atoms with van der Waals surface area (Å²) in [5.41, 5.74) is 7.50. The van der Waals surface area contributed by atoms with Crippen LogP contribution in [0.15, 0.2) is 53.4 Å². The van der Waals surface area contributed by atoms with Gasteiger partial charge in [0.05, 0.1) is 4.90 Å². The van der Waals surface area contributed by atoms with E-state index in [1.54, 1.807) is 30.3 Å². The molecule has 0 heterocycles. The Kier molecular flexibility index (Phi) is 4.59. The summed E-state index contributed by atoms with van der Waals surface area (Å²) >= 11 is 4.91. The van der Waals surface area contributed by atoms with Gasteiger partial charge in [0.15, 0.2) is 0 Å². The number of rotatable bonds is 5. The molecule has 3 N–H and O–H groups in total. The largest absolute Gasteiger partial charge is 0.389 e. The Balaban J connectivity index is 2.41. The number of nitrogens with one attached hydrogen (secondary N) is 1. The highest BCUT2D eigenvalue weighted by atomic mass is 32.2. The van der Waals surface area contributed by atoms with Crippen LogP contribution in [0.3, 0.4) is 0 Å². The quantitative estimate of drug-likeness (QED) is 0.831. The predicted octanol–water partition coefficient (Wildman–Crippen LogP) is 2.68. The maximum atomic E-state index is 12.5. The predicted molar refractivity (Wildman–Crippen MR) is 89.0 cm³/mol. The average molecular weight is 320 g/mol. The van der Waals surface area contributed by atoms with Crippen LogP contribution in [-0.2, 0) is 16.4 Å². The summed E-state index contributed by atoms with van der Waals surface area (Å²) in [5.74, 6) is 0. The second kappa shape index (κ2) is 6.24. The van der Waals surface area contributed by atoms with E-state index in [-0.39, 0.29) is 9.88 Å². The van der Waals surface area contributed by atoms with E-state index in [0.717, 1.165) is 12.0 Å². The van der Waals surface area contributed by atoms with Gasteiger partial charge in [-0.25, -0.2) is 8.42 Å². The molecule has 2 rings (SSSR count). The lowest BCUT2D eigenvalue weighted by atomic mass is 10.1. The highest BCUT2D eigenvalue weighted by molar-refractivity contribution is 7.93. The fraction of sp³-hybridized carbons (Fsp3) is 0.133. The smallest absolute Gasteiger partial charge is 0.262 e. The molecule has 6 heteroatoms. The van der Waals surface area contributed by atoms with Crippen LogP contribution in [0.5, 0.6) is 0 Å².